The van der Waals surface area contributed by atoms with Crippen molar-refractivity contribution < 1.29 is 32.4 Å². The number of sulfonamides is 1. The quantitative estimate of drug-likeness (QED) is 0.212. The Kier molecular flexibility index (Phi) is 11.8. The first-order chi connectivity index (χ1) is 22.8. The summed E-state index contributed by atoms with van der Waals surface area (Å²) in [5.41, 5.74) is 6.97. The van der Waals surface area contributed by atoms with E-state index in [0.29, 0.717) is 25.7 Å². The highest BCUT2D eigenvalue weighted by atomic mass is 32.2. The molecule has 0 spiro atoms. The molecule has 272 valence electrons. The summed E-state index contributed by atoms with van der Waals surface area (Å²) in [6.45, 7) is 9.94. The highest BCUT2D eigenvalue weighted by Crippen LogP contribution is 2.36. The number of hydrogen-bond donors (Lipinski definition) is 4. The molecule has 1 saturated heterocycles. The van der Waals surface area contributed by atoms with E-state index < -0.39 is 69.1 Å². The van der Waals surface area contributed by atoms with Gasteiger partial charge in [-0.15, -0.1) is 0 Å². The lowest BCUT2D eigenvalue weighted by atomic mass is 9.86. The SMILES string of the molecule is CC(C)[C@H]1CCN(C(=O)[C@@H](NC(=O)N[C@H](CN(C)S(C)(=O)=O)C(C)(C)C)C2Cc3ccccc3C2)[C@@H]1C(=O)NC(CC1CC1)C(=O)C(N)=O. The minimum absolute atomic E-state index is 0.0205. The molecule has 3 aliphatic rings. The maximum atomic E-state index is 14.7. The number of primary amides is 1. The summed E-state index contributed by atoms with van der Waals surface area (Å²) in [6, 6.07) is 3.68. The van der Waals surface area contributed by atoms with Crippen LogP contribution < -0.4 is 21.7 Å². The number of ketones is 1. The molecule has 0 bridgehead atoms. The third-order valence-corrected chi connectivity index (χ3v) is 11.7. The van der Waals surface area contributed by atoms with E-state index in [-0.39, 0.29) is 36.8 Å². The molecule has 1 unspecified atom stereocenters. The largest absolute Gasteiger partial charge is 0.363 e. The molecule has 1 aromatic rings. The van der Waals surface area contributed by atoms with Crippen LogP contribution >= 0.6 is 0 Å². The van der Waals surface area contributed by atoms with Gasteiger partial charge in [0.2, 0.25) is 27.6 Å². The number of hydrogen-bond acceptors (Lipinski definition) is 7. The molecular weight excluding hydrogens is 648 g/mol. The van der Waals surface area contributed by atoms with Crippen LogP contribution in [0.1, 0.15) is 71.4 Å². The minimum Gasteiger partial charge on any atom is -0.363 e. The fourth-order valence-electron chi connectivity index (χ4n) is 7.10. The summed E-state index contributed by atoms with van der Waals surface area (Å²) >= 11 is 0. The van der Waals surface area contributed by atoms with E-state index in [9.17, 15) is 32.4 Å². The van der Waals surface area contributed by atoms with E-state index >= 15 is 0 Å². The third kappa shape index (κ3) is 9.59. The van der Waals surface area contributed by atoms with Crippen LogP contribution in [0.5, 0.6) is 0 Å². The van der Waals surface area contributed by atoms with Crippen LogP contribution in [0, 0.1) is 29.1 Å². The van der Waals surface area contributed by atoms with Crippen LogP contribution in [-0.2, 0) is 42.0 Å². The number of Topliss-reactive ketones (excluding diaryl/α,β-unsaturated/α-hetero) is 1. The fraction of sp³-hybridized carbons (Fsp3) is 0.686. The van der Waals surface area contributed by atoms with Gasteiger partial charge in [-0.25, -0.2) is 17.5 Å². The van der Waals surface area contributed by atoms with Crippen molar-refractivity contribution >= 4 is 39.6 Å². The van der Waals surface area contributed by atoms with Gasteiger partial charge in [0.1, 0.15) is 12.1 Å². The van der Waals surface area contributed by atoms with E-state index in [1.54, 1.807) is 0 Å². The van der Waals surface area contributed by atoms with Gasteiger partial charge in [-0.3, -0.25) is 19.2 Å². The lowest BCUT2D eigenvalue weighted by Crippen LogP contribution is -2.61. The molecule has 0 radical (unpaired) electrons. The Morgan fingerprint density at radius 3 is 2.06 bits per heavy atom. The molecule has 2 aliphatic carbocycles. The Morgan fingerprint density at radius 1 is 0.980 bits per heavy atom. The van der Waals surface area contributed by atoms with Gasteiger partial charge in [-0.05, 0) is 65.9 Å². The molecular formula is C35H54N6O7S. The Balaban J connectivity index is 1.62. The first kappa shape index (κ1) is 38.3. The Bertz CT molecular complexity index is 1510. The van der Waals surface area contributed by atoms with Crippen LogP contribution in [0.2, 0.25) is 0 Å². The zero-order valence-electron chi connectivity index (χ0n) is 29.8. The van der Waals surface area contributed by atoms with Crippen LogP contribution in [0.4, 0.5) is 4.79 Å². The molecule has 14 heteroatoms. The number of nitrogens with two attached hydrogens (primary N) is 1. The first-order valence-electron chi connectivity index (χ1n) is 17.3. The minimum atomic E-state index is -3.52. The maximum absolute atomic E-state index is 14.7. The Hall–Kier alpha value is -3.52. The highest BCUT2D eigenvalue weighted by Gasteiger charge is 2.48. The molecule has 1 heterocycles. The van der Waals surface area contributed by atoms with Crippen molar-refractivity contribution in [1.82, 2.24) is 25.2 Å². The number of nitrogens with zero attached hydrogens (tertiary/aromatic N) is 2. The zero-order chi connectivity index (χ0) is 36.4. The van der Waals surface area contributed by atoms with Crippen LogP contribution in [0.15, 0.2) is 24.3 Å². The molecule has 1 aromatic carbocycles. The summed E-state index contributed by atoms with van der Waals surface area (Å²) in [6.07, 6.45) is 4.86. The highest BCUT2D eigenvalue weighted by molar-refractivity contribution is 7.88. The number of rotatable bonds is 14. The fourth-order valence-corrected chi connectivity index (χ4v) is 7.52. The molecule has 13 nitrogen and oxygen atoms in total. The monoisotopic (exact) mass is 702 g/mol. The maximum Gasteiger partial charge on any atom is 0.315 e. The number of likely N-dealkylation sites (N-methyl/N-ethyl adjacent to an activating group) is 1. The second kappa shape index (κ2) is 15.2. The number of nitrogens with one attached hydrogen (secondary N) is 3. The standard InChI is InChI=1S/C35H54N6O7S/c1-20(2)25-14-15-41(29(25)32(44)37-26(16-21-12-13-21)30(42)31(36)43)33(45)28(24-17-22-10-8-9-11-23(22)18-24)39-34(46)38-27(35(3,4)5)19-40(6)49(7,47)48/h8-11,20-21,24-29H,12-19H2,1-7H3,(H2,36,43)(H,37,44)(H2,38,39,46)/t25-,26?,27-,28+,29+/m1/s1. The molecule has 1 aliphatic heterocycles. The molecule has 49 heavy (non-hydrogen) atoms. The van der Waals surface area contributed by atoms with Gasteiger partial charge in [-0.2, -0.15) is 0 Å². The van der Waals surface area contributed by atoms with E-state index in [4.69, 9.17) is 5.73 Å². The second-order valence-corrected chi connectivity index (χ2v) is 17.7. The van der Waals surface area contributed by atoms with Crippen molar-refractivity contribution in [1.29, 1.82) is 0 Å². The molecule has 5 amide bonds. The lowest BCUT2D eigenvalue weighted by Gasteiger charge is -2.36. The Morgan fingerprint density at radius 2 is 1.57 bits per heavy atom. The molecule has 2 fully saturated rings. The predicted octanol–water partition coefficient (Wildman–Crippen LogP) is 1.59. The predicted molar refractivity (Wildman–Crippen MR) is 185 cm³/mol. The first-order valence-corrected chi connectivity index (χ1v) is 19.1. The number of carbonyl (C=O) groups is 5. The van der Waals surface area contributed by atoms with Gasteiger partial charge in [0, 0.05) is 26.2 Å². The summed E-state index contributed by atoms with van der Waals surface area (Å²) in [5.74, 6) is -3.17. The number of likely N-dealkylation sites (tertiary alicyclic amines) is 1. The normalized spacial score (nSPS) is 21.6. The third-order valence-electron chi connectivity index (χ3n) is 10.5. The smallest absolute Gasteiger partial charge is 0.315 e. The number of benzene rings is 1. The Labute approximate surface area is 290 Å². The molecule has 5 atom stereocenters. The van der Waals surface area contributed by atoms with Crippen molar-refractivity contribution in [3.05, 3.63) is 35.4 Å². The van der Waals surface area contributed by atoms with Crippen molar-refractivity contribution in [2.75, 3.05) is 26.4 Å². The molecule has 4 rings (SSSR count). The van der Waals surface area contributed by atoms with Crippen LogP contribution in [0.3, 0.4) is 0 Å². The van der Waals surface area contributed by atoms with Crippen molar-refractivity contribution in [2.45, 2.75) is 97.3 Å². The van der Waals surface area contributed by atoms with E-state index in [2.05, 4.69) is 16.0 Å². The van der Waals surface area contributed by atoms with Crippen LogP contribution in [-0.4, -0.2) is 97.7 Å². The van der Waals surface area contributed by atoms with Gasteiger partial charge in [0.05, 0.1) is 12.3 Å². The van der Waals surface area contributed by atoms with Crippen LogP contribution in [0.25, 0.3) is 0 Å². The summed E-state index contributed by atoms with van der Waals surface area (Å²) < 4.78 is 25.6. The van der Waals surface area contributed by atoms with Crippen molar-refractivity contribution in [3.63, 3.8) is 0 Å². The van der Waals surface area contributed by atoms with Crippen molar-refractivity contribution in [2.24, 2.45) is 34.8 Å². The van der Waals surface area contributed by atoms with Gasteiger partial charge in [0.15, 0.2) is 0 Å². The topological polar surface area (TPSA) is 188 Å². The average Bonchev–Trinajstić information content (AvgIpc) is 3.53. The summed E-state index contributed by atoms with van der Waals surface area (Å²) in [5, 5.41) is 8.65. The van der Waals surface area contributed by atoms with E-state index in [0.717, 1.165) is 30.2 Å². The van der Waals surface area contributed by atoms with E-state index in [1.165, 1.54) is 16.3 Å². The van der Waals surface area contributed by atoms with Gasteiger partial charge in [-0.1, -0.05) is 71.7 Å². The van der Waals surface area contributed by atoms with Gasteiger partial charge < -0.3 is 26.6 Å². The van der Waals surface area contributed by atoms with Gasteiger partial charge >= 0.3 is 6.03 Å². The number of urea groups is 1. The summed E-state index contributed by atoms with van der Waals surface area (Å²) in [4.78, 5) is 68.6. The lowest BCUT2D eigenvalue weighted by molar-refractivity contribution is -0.143. The van der Waals surface area contributed by atoms with Crippen molar-refractivity contribution in [3.8, 4) is 0 Å². The average molecular weight is 703 g/mol. The molecule has 5 N–H and O–H groups in total. The zero-order valence-corrected chi connectivity index (χ0v) is 30.6. The number of carbonyl (C=O) groups excluding carboxylic acids is 5. The molecule has 1 saturated carbocycles. The summed E-state index contributed by atoms with van der Waals surface area (Å²) in [7, 11) is -2.07. The van der Waals surface area contributed by atoms with Gasteiger partial charge in [0.25, 0.3) is 5.91 Å². The number of amides is 5. The second-order valence-electron chi connectivity index (χ2n) is 15.6. The number of fused-ring (bicyclic) bond motifs is 1. The van der Waals surface area contributed by atoms with E-state index in [1.807, 2.05) is 58.9 Å². The molecule has 0 aromatic heterocycles.